The number of aromatic nitrogens is 4. The lowest BCUT2D eigenvalue weighted by Crippen LogP contribution is -2.55. The summed E-state index contributed by atoms with van der Waals surface area (Å²) in [4.78, 5) is 34.0. The van der Waals surface area contributed by atoms with E-state index in [1.165, 1.54) is 0 Å². The van der Waals surface area contributed by atoms with Crippen LogP contribution in [-0.2, 0) is 14.3 Å². The third-order valence-corrected chi connectivity index (χ3v) is 6.28. The van der Waals surface area contributed by atoms with Gasteiger partial charge in [-0.25, -0.2) is 4.98 Å². The van der Waals surface area contributed by atoms with Gasteiger partial charge in [-0.2, -0.15) is 0 Å². The van der Waals surface area contributed by atoms with Crippen molar-refractivity contribution in [2.45, 2.75) is 20.1 Å². The maximum absolute atomic E-state index is 13.1. The number of amides is 1. The molecule has 0 aliphatic carbocycles. The van der Waals surface area contributed by atoms with Gasteiger partial charge in [-0.1, -0.05) is 6.07 Å². The summed E-state index contributed by atoms with van der Waals surface area (Å²) in [5, 5.41) is 0. The van der Waals surface area contributed by atoms with Crippen molar-refractivity contribution in [3.05, 3.63) is 42.1 Å². The second kappa shape index (κ2) is 8.23. The Morgan fingerprint density at radius 2 is 1.78 bits per heavy atom. The number of imidazole rings is 1. The quantitative estimate of drug-likeness (QED) is 0.672. The predicted molar refractivity (Wildman–Crippen MR) is 119 cm³/mol. The lowest BCUT2D eigenvalue weighted by atomic mass is 9.90. The van der Waals surface area contributed by atoms with Crippen LogP contribution in [0.1, 0.15) is 24.7 Å². The molecule has 32 heavy (non-hydrogen) atoms. The molecule has 2 saturated heterocycles. The number of ether oxygens (including phenoxy) is 2. The number of fused-ring (bicyclic) bond motifs is 1. The number of likely N-dealkylation sites (N-methyl/N-ethyl adjacent to an activating group) is 1. The highest BCUT2D eigenvalue weighted by Gasteiger charge is 2.43. The van der Waals surface area contributed by atoms with Crippen LogP contribution in [0.4, 0.5) is 0 Å². The monoisotopic (exact) mass is 436 g/mol. The fraction of sp³-hybridized carbons (Fsp3) is 0.478. The molecule has 1 aromatic carbocycles. The van der Waals surface area contributed by atoms with Crippen molar-refractivity contribution in [1.29, 1.82) is 0 Å². The summed E-state index contributed by atoms with van der Waals surface area (Å²) >= 11 is 0. The molecule has 4 heterocycles. The molecule has 0 unspecified atom stereocenters. The molecule has 1 amide bonds. The van der Waals surface area contributed by atoms with E-state index in [4.69, 9.17) is 14.5 Å². The van der Waals surface area contributed by atoms with Crippen LogP contribution >= 0.6 is 0 Å². The van der Waals surface area contributed by atoms with Crippen molar-refractivity contribution in [2.75, 3.05) is 46.4 Å². The van der Waals surface area contributed by atoms with E-state index in [0.717, 1.165) is 54.2 Å². The van der Waals surface area contributed by atoms with Gasteiger partial charge in [0, 0.05) is 49.8 Å². The minimum atomic E-state index is -0.687. The Balaban J connectivity index is 1.29. The van der Waals surface area contributed by atoms with E-state index in [-0.39, 0.29) is 5.91 Å². The van der Waals surface area contributed by atoms with E-state index in [1.807, 2.05) is 36.9 Å². The highest BCUT2D eigenvalue weighted by Crippen LogP contribution is 2.34. The molecule has 0 spiro atoms. The molecular formula is C23H28N6O3. The molecule has 2 aromatic heterocycles. The summed E-state index contributed by atoms with van der Waals surface area (Å²) in [7, 11) is 2.08. The van der Waals surface area contributed by atoms with E-state index in [9.17, 15) is 4.79 Å². The number of nitrogens with one attached hydrogen (secondary N) is 1. The van der Waals surface area contributed by atoms with Gasteiger partial charge in [0.15, 0.2) is 5.82 Å². The van der Waals surface area contributed by atoms with E-state index in [2.05, 4.69) is 26.9 Å². The second-order valence-electron chi connectivity index (χ2n) is 8.97. The van der Waals surface area contributed by atoms with Gasteiger partial charge in [0.1, 0.15) is 0 Å². The molecule has 0 atom stereocenters. The molecule has 5 rings (SSSR count). The Labute approximate surface area is 186 Å². The normalized spacial score (nSPS) is 24.7. The first-order valence-electron chi connectivity index (χ1n) is 10.9. The SMILES string of the molecule is Cc1[nH]c(C2OCC(C)(C(=O)N3CCN(C)CC3)CO2)nc1-c1ccc2nccnc2c1. The average Bonchev–Trinajstić information content (AvgIpc) is 3.20. The van der Waals surface area contributed by atoms with Gasteiger partial charge in [-0.05, 0) is 33.0 Å². The number of piperazine rings is 1. The molecule has 2 fully saturated rings. The van der Waals surface area contributed by atoms with Gasteiger partial charge in [0.25, 0.3) is 0 Å². The second-order valence-corrected chi connectivity index (χ2v) is 8.97. The summed E-state index contributed by atoms with van der Waals surface area (Å²) in [5.74, 6) is 0.698. The van der Waals surface area contributed by atoms with Crippen molar-refractivity contribution in [2.24, 2.45) is 5.41 Å². The first kappa shape index (κ1) is 21.0. The minimum absolute atomic E-state index is 0.0950. The third kappa shape index (κ3) is 3.87. The lowest BCUT2D eigenvalue weighted by molar-refractivity contribution is -0.234. The third-order valence-electron chi connectivity index (χ3n) is 6.28. The number of benzene rings is 1. The highest BCUT2D eigenvalue weighted by atomic mass is 16.7. The molecule has 9 nitrogen and oxygen atoms in total. The summed E-state index contributed by atoms with van der Waals surface area (Å²) in [6.45, 7) is 7.74. The number of nitrogens with zero attached hydrogens (tertiary/aromatic N) is 5. The number of carbonyl (C=O) groups excluding carboxylic acids is 1. The fourth-order valence-corrected chi connectivity index (χ4v) is 4.27. The zero-order valence-corrected chi connectivity index (χ0v) is 18.7. The van der Waals surface area contributed by atoms with E-state index >= 15 is 0 Å². The summed E-state index contributed by atoms with van der Waals surface area (Å²) in [5.41, 5.74) is 3.65. The van der Waals surface area contributed by atoms with E-state index < -0.39 is 11.7 Å². The number of rotatable bonds is 3. The predicted octanol–water partition coefficient (Wildman–Crippen LogP) is 2.15. The smallest absolute Gasteiger partial charge is 0.233 e. The van der Waals surface area contributed by atoms with Gasteiger partial charge < -0.3 is 24.3 Å². The molecule has 2 aliphatic rings. The zero-order valence-electron chi connectivity index (χ0n) is 18.7. The van der Waals surface area contributed by atoms with Crippen molar-refractivity contribution in [3.63, 3.8) is 0 Å². The van der Waals surface area contributed by atoms with Crippen molar-refractivity contribution in [3.8, 4) is 11.3 Å². The van der Waals surface area contributed by atoms with Crippen LogP contribution < -0.4 is 0 Å². The maximum Gasteiger partial charge on any atom is 0.233 e. The largest absolute Gasteiger partial charge is 0.345 e. The van der Waals surface area contributed by atoms with Crippen LogP contribution in [0.5, 0.6) is 0 Å². The van der Waals surface area contributed by atoms with E-state index in [0.29, 0.717) is 19.0 Å². The summed E-state index contributed by atoms with van der Waals surface area (Å²) < 4.78 is 12.0. The van der Waals surface area contributed by atoms with E-state index in [1.54, 1.807) is 12.4 Å². The van der Waals surface area contributed by atoms with Gasteiger partial charge in [0.2, 0.25) is 12.2 Å². The Kier molecular flexibility index (Phi) is 5.40. The number of aromatic amines is 1. The molecule has 0 radical (unpaired) electrons. The molecule has 9 heteroatoms. The fourth-order valence-electron chi connectivity index (χ4n) is 4.27. The Morgan fingerprint density at radius 3 is 2.50 bits per heavy atom. The molecular weight excluding hydrogens is 408 g/mol. The lowest BCUT2D eigenvalue weighted by Gasteiger charge is -2.41. The first-order chi connectivity index (χ1) is 15.4. The zero-order chi connectivity index (χ0) is 22.3. The van der Waals surface area contributed by atoms with Crippen molar-refractivity contribution in [1.82, 2.24) is 29.7 Å². The number of H-pyrrole nitrogens is 1. The first-order valence-corrected chi connectivity index (χ1v) is 10.9. The van der Waals surface area contributed by atoms with Crippen LogP contribution in [0.25, 0.3) is 22.3 Å². The van der Waals surface area contributed by atoms with Gasteiger partial charge in [-0.3, -0.25) is 14.8 Å². The average molecular weight is 437 g/mol. The number of hydrogen-bond acceptors (Lipinski definition) is 7. The highest BCUT2D eigenvalue weighted by molar-refractivity contribution is 5.83. The molecule has 3 aromatic rings. The Morgan fingerprint density at radius 1 is 1.09 bits per heavy atom. The standard InChI is InChI=1S/C23H28N6O3/c1-15-19(16-4-5-17-18(12-16)25-7-6-24-17)27-20(26-15)21-31-13-23(2,14-32-21)22(30)29-10-8-28(3)9-11-29/h4-7,12,21H,8-11,13-14H2,1-3H3,(H,26,27). The molecule has 1 N–H and O–H groups in total. The van der Waals surface area contributed by atoms with Crippen LogP contribution in [0.3, 0.4) is 0 Å². The van der Waals surface area contributed by atoms with Gasteiger partial charge in [0.05, 0.1) is 35.4 Å². The topological polar surface area (TPSA) is 96.5 Å². The number of aryl methyl sites for hydroxylation is 1. The van der Waals surface area contributed by atoms with Gasteiger partial charge in [-0.15, -0.1) is 0 Å². The maximum atomic E-state index is 13.1. The van der Waals surface area contributed by atoms with Crippen LogP contribution in [0, 0.1) is 12.3 Å². The van der Waals surface area contributed by atoms with Crippen LogP contribution in [-0.4, -0.2) is 82.1 Å². The van der Waals surface area contributed by atoms with Crippen LogP contribution in [0.2, 0.25) is 0 Å². The van der Waals surface area contributed by atoms with Crippen LogP contribution in [0.15, 0.2) is 30.6 Å². The summed E-state index contributed by atoms with van der Waals surface area (Å²) in [6.07, 6.45) is 2.73. The number of carbonyl (C=O) groups is 1. The Bertz CT molecular complexity index is 1130. The molecule has 2 aliphatic heterocycles. The summed E-state index contributed by atoms with van der Waals surface area (Å²) in [6, 6.07) is 5.90. The molecule has 0 saturated carbocycles. The molecule has 168 valence electrons. The minimum Gasteiger partial charge on any atom is -0.345 e. The number of hydrogen-bond donors (Lipinski definition) is 1. The van der Waals surface area contributed by atoms with Gasteiger partial charge >= 0.3 is 0 Å². The molecule has 0 bridgehead atoms. The Hall–Kier alpha value is -2.88. The van der Waals surface area contributed by atoms with Crippen molar-refractivity contribution < 1.29 is 14.3 Å². The van der Waals surface area contributed by atoms with Crippen molar-refractivity contribution >= 4 is 16.9 Å².